The van der Waals surface area contributed by atoms with E-state index in [1.54, 1.807) is 6.92 Å². The maximum atomic E-state index is 10.6. The molecule has 0 aliphatic rings. The van der Waals surface area contributed by atoms with E-state index in [9.17, 15) is 4.79 Å². The minimum Gasteiger partial charge on any atom is -0.295 e. The maximum Gasteiger partial charge on any atom is 0.155 e. The van der Waals surface area contributed by atoms with Crippen molar-refractivity contribution in [3.05, 3.63) is 24.3 Å². The van der Waals surface area contributed by atoms with Crippen molar-refractivity contribution in [3.63, 3.8) is 0 Å². The van der Waals surface area contributed by atoms with Crippen molar-refractivity contribution >= 4 is 5.78 Å². The molecule has 0 radical (unpaired) electrons. The number of hydrogen-bond donors (Lipinski definition) is 0. The molecule has 0 aliphatic carbocycles. The minimum absolute atomic E-state index is 0.157. The lowest BCUT2D eigenvalue weighted by molar-refractivity contribution is -0.113. The molecule has 0 fully saturated rings. The second-order valence-corrected chi connectivity index (χ2v) is 2.31. The zero-order valence-electron chi connectivity index (χ0n) is 6.68. The number of ketones is 1. The van der Waals surface area contributed by atoms with E-state index in [1.807, 2.05) is 19.1 Å². The van der Waals surface area contributed by atoms with E-state index in [0.717, 1.165) is 18.4 Å². The zero-order chi connectivity index (χ0) is 7.98. The fourth-order valence-corrected chi connectivity index (χ4v) is 0.561. The highest BCUT2D eigenvalue weighted by Crippen LogP contribution is 1.99. The minimum atomic E-state index is 0.157. The van der Waals surface area contributed by atoms with Crippen LogP contribution in [-0.2, 0) is 4.79 Å². The quantitative estimate of drug-likeness (QED) is 0.331. The van der Waals surface area contributed by atoms with Gasteiger partial charge in [0.25, 0.3) is 0 Å². The van der Waals surface area contributed by atoms with Crippen molar-refractivity contribution in [2.75, 3.05) is 0 Å². The summed E-state index contributed by atoms with van der Waals surface area (Å²) in [5.41, 5.74) is 0.849. The molecule has 0 N–H and O–H groups in total. The fraction of sp³-hybridized carbons (Fsp3) is 0.444. The van der Waals surface area contributed by atoms with Crippen LogP contribution in [0.5, 0.6) is 0 Å². The highest BCUT2D eigenvalue weighted by molar-refractivity contribution is 5.92. The van der Waals surface area contributed by atoms with Gasteiger partial charge in [0.15, 0.2) is 5.78 Å². The summed E-state index contributed by atoms with van der Waals surface area (Å²) in [6, 6.07) is 0. The Morgan fingerprint density at radius 2 is 2.00 bits per heavy atom. The summed E-state index contributed by atoms with van der Waals surface area (Å²) in [4.78, 5) is 10.6. The number of hydrogen-bond acceptors (Lipinski definition) is 1. The van der Waals surface area contributed by atoms with Gasteiger partial charge in [0.2, 0.25) is 0 Å². The van der Waals surface area contributed by atoms with Gasteiger partial charge < -0.3 is 0 Å². The summed E-state index contributed by atoms with van der Waals surface area (Å²) in [5, 5.41) is 0. The Balaban J connectivity index is 3.68. The molecule has 0 heterocycles. The van der Waals surface area contributed by atoms with E-state index in [4.69, 9.17) is 0 Å². The largest absolute Gasteiger partial charge is 0.295 e. The first-order chi connectivity index (χ1) is 4.68. The molecule has 0 aromatic carbocycles. The standard InChI is InChI=1S/C9H14O/c1-4-5-6-7-8(2)9(3)10/h4,7H,1,5-6H2,2-3H3. The monoisotopic (exact) mass is 138 g/mol. The normalized spacial score (nSPS) is 11.2. The second kappa shape index (κ2) is 4.98. The van der Waals surface area contributed by atoms with Crippen molar-refractivity contribution < 1.29 is 4.79 Å². The van der Waals surface area contributed by atoms with E-state index >= 15 is 0 Å². The van der Waals surface area contributed by atoms with Gasteiger partial charge in [-0.3, -0.25) is 4.79 Å². The molecule has 0 bridgehead atoms. The Labute approximate surface area is 62.4 Å². The lowest BCUT2D eigenvalue weighted by Gasteiger charge is -1.91. The third-order valence-electron chi connectivity index (χ3n) is 1.38. The summed E-state index contributed by atoms with van der Waals surface area (Å²) in [6.45, 7) is 7.01. The summed E-state index contributed by atoms with van der Waals surface area (Å²) in [5.74, 6) is 0.157. The molecule has 10 heavy (non-hydrogen) atoms. The van der Waals surface area contributed by atoms with Gasteiger partial charge in [0.05, 0.1) is 0 Å². The Morgan fingerprint density at radius 3 is 2.40 bits per heavy atom. The average molecular weight is 138 g/mol. The Morgan fingerprint density at radius 1 is 1.40 bits per heavy atom. The predicted molar refractivity (Wildman–Crippen MR) is 43.9 cm³/mol. The fourth-order valence-electron chi connectivity index (χ4n) is 0.561. The molecule has 0 spiro atoms. The molecule has 1 heteroatoms. The van der Waals surface area contributed by atoms with Crippen LogP contribution in [0, 0.1) is 0 Å². The molecule has 0 aromatic rings. The van der Waals surface area contributed by atoms with Crippen molar-refractivity contribution in [2.45, 2.75) is 26.7 Å². The third kappa shape index (κ3) is 4.07. The van der Waals surface area contributed by atoms with Gasteiger partial charge in [-0.2, -0.15) is 0 Å². The van der Waals surface area contributed by atoms with E-state index in [-0.39, 0.29) is 5.78 Å². The molecular weight excluding hydrogens is 124 g/mol. The molecule has 0 atom stereocenters. The Bertz CT molecular complexity index is 154. The Kier molecular flexibility index (Phi) is 4.55. The molecule has 56 valence electrons. The average Bonchev–Trinajstić information content (AvgIpc) is 1.88. The number of allylic oxidation sites excluding steroid dienone is 3. The summed E-state index contributed by atoms with van der Waals surface area (Å²) >= 11 is 0. The topological polar surface area (TPSA) is 17.1 Å². The number of Topliss-reactive ketones (excluding diaryl/α,β-unsaturated/α-hetero) is 1. The van der Waals surface area contributed by atoms with Crippen LogP contribution in [-0.4, -0.2) is 5.78 Å². The van der Waals surface area contributed by atoms with Crippen LogP contribution < -0.4 is 0 Å². The molecular formula is C9H14O. The highest BCUT2D eigenvalue weighted by atomic mass is 16.1. The predicted octanol–water partition coefficient (Wildman–Crippen LogP) is 2.49. The highest BCUT2D eigenvalue weighted by Gasteiger charge is 1.92. The molecule has 0 unspecified atom stereocenters. The summed E-state index contributed by atoms with van der Waals surface area (Å²) < 4.78 is 0. The van der Waals surface area contributed by atoms with Crippen LogP contribution in [0.25, 0.3) is 0 Å². The van der Waals surface area contributed by atoms with Crippen LogP contribution in [0.3, 0.4) is 0 Å². The van der Waals surface area contributed by atoms with Crippen LogP contribution >= 0.6 is 0 Å². The van der Waals surface area contributed by atoms with Crippen LogP contribution in [0.2, 0.25) is 0 Å². The number of carbonyl (C=O) groups excluding carboxylic acids is 1. The van der Waals surface area contributed by atoms with Crippen LogP contribution in [0.1, 0.15) is 26.7 Å². The summed E-state index contributed by atoms with van der Waals surface area (Å²) in [7, 11) is 0. The smallest absolute Gasteiger partial charge is 0.155 e. The SMILES string of the molecule is C=CCCC=C(C)C(C)=O. The van der Waals surface area contributed by atoms with Gasteiger partial charge in [-0.05, 0) is 32.3 Å². The lowest BCUT2D eigenvalue weighted by atomic mass is 10.1. The van der Waals surface area contributed by atoms with E-state index in [1.165, 1.54) is 0 Å². The molecule has 1 nitrogen and oxygen atoms in total. The zero-order valence-corrected chi connectivity index (χ0v) is 6.68. The van der Waals surface area contributed by atoms with E-state index in [2.05, 4.69) is 6.58 Å². The van der Waals surface area contributed by atoms with Gasteiger partial charge in [-0.25, -0.2) is 0 Å². The number of unbranched alkanes of at least 4 members (excludes halogenated alkanes) is 1. The van der Waals surface area contributed by atoms with Gasteiger partial charge in [0, 0.05) is 0 Å². The maximum absolute atomic E-state index is 10.6. The molecule has 0 saturated carbocycles. The van der Waals surface area contributed by atoms with Gasteiger partial charge in [0.1, 0.15) is 0 Å². The van der Waals surface area contributed by atoms with Gasteiger partial charge in [-0.1, -0.05) is 12.2 Å². The van der Waals surface area contributed by atoms with Crippen LogP contribution in [0.15, 0.2) is 24.3 Å². The first-order valence-corrected chi connectivity index (χ1v) is 3.47. The molecule has 0 aliphatic heterocycles. The molecule has 0 rings (SSSR count). The van der Waals surface area contributed by atoms with Gasteiger partial charge in [-0.15, -0.1) is 6.58 Å². The van der Waals surface area contributed by atoms with E-state index < -0.39 is 0 Å². The van der Waals surface area contributed by atoms with Crippen molar-refractivity contribution in [3.8, 4) is 0 Å². The second-order valence-electron chi connectivity index (χ2n) is 2.31. The van der Waals surface area contributed by atoms with Crippen LogP contribution in [0.4, 0.5) is 0 Å². The van der Waals surface area contributed by atoms with Crippen molar-refractivity contribution in [2.24, 2.45) is 0 Å². The van der Waals surface area contributed by atoms with Gasteiger partial charge >= 0.3 is 0 Å². The Hall–Kier alpha value is -0.850. The van der Waals surface area contributed by atoms with Crippen molar-refractivity contribution in [1.82, 2.24) is 0 Å². The lowest BCUT2D eigenvalue weighted by Crippen LogP contribution is -1.90. The molecule has 0 saturated heterocycles. The first-order valence-electron chi connectivity index (χ1n) is 3.47. The first kappa shape index (κ1) is 9.15. The molecule has 0 aromatic heterocycles. The van der Waals surface area contributed by atoms with E-state index in [0.29, 0.717) is 0 Å². The summed E-state index contributed by atoms with van der Waals surface area (Å²) in [6.07, 6.45) is 5.67. The van der Waals surface area contributed by atoms with Crippen molar-refractivity contribution in [1.29, 1.82) is 0 Å². The number of rotatable bonds is 4. The molecule has 0 amide bonds. The third-order valence-corrected chi connectivity index (χ3v) is 1.38. The number of carbonyl (C=O) groups is 1.